The van der Waals surface area contributed by atoms with Gasteiger partial charge < -0.3 is 14.6 Å². The lowest BCUT2D eigenvalue weighted by atomic mass is 9.98. The summed E-state index contributed by atoms with van der Waals surface area (Å²) >= 11 is 0. The molecular formula is C19H22FN3O3. The average molecular weight is 359 g/mol. The number of amides is 2. The van der Waals surface area contributed by atoms with Gasteiger partial charge in [0.25, 0.3) is 0 Å². The van der Waals surface area contributed by atoms with E-state index in [1.165, 1.54) is 19.1 Å². The van der Waals surface area contributed by atoms with Gasteiger partial charge in [-0.1, -0.05) is 12.1 Å². The van der Waals surface area contributed by atoms with Gasteiger partial charge in [-0.15, -0.1) is 0 Å². The number of nitrogens with zero attached hydrogens (tertiary/aromatic N) is 2. The Bertz CT molecular complexity index is 773. The second kappa shape index (κ2) is 8.12. The predicted molar refractivity (Wildman–Crippen MR) is 92.9 cm³/mol. The monoisotopic (exact) mass is 359 g/mol. The fourth-order valence-corrected chi connectivity index (χ4v) is 3.11. The molecule has 3 rings (SSSR count). The van der Waals surface area contributed by atoms with Crippen LogP contribution in [0.15, 0.2) is 34.9 Å². The maximum absolute atomic E-state index is 13.0. The molecule has 0 spiro atoms. The Labute approximate surface area is 151 Å². The molecule has 1 aliphatic rings. The van der Waals surface area contributed by atoms with Crippen molar-refractivity contribution in [3.05, 3.63) is 53.5 Å². The molecule has 0 aliphatic carbocycles. The smallest absolute Gasteiger partial charge is 0.241 e. The largest absolute Gasteiger partial charge is 0.445 e. The molecule has 7 heteroatoms. The molecule has 1 aliphatic heterocycles. The van der Waals surface area contributed by atoms with Crippen LogP contribution in [0.3, 0.4) is 0 Å². The van der Waals surface area contributed by atoms with E-state index in [0.717, 1.165) is 18.4 Å². The van der Waals surface area contributed by atoms with Gasteiger partial charge in [-0.25, -0.2) is 9.37 Å². The molecule has 2 heterocycles. The van der Waals surface area contributed by atoms with Gasteiger partial charge in [-0.05, 0) is 30.5 Å². The predicted octanol–water partition coefficient (Wildman–Crippen LogP) is 2.25. The number of benzene rings is 1. The summed E-state index contributed by atoms with van der Waals surface area (Å²) in [4.78, 5) is 29.3. The van der Waals surface area contributed by atoms with Crippen LogP contribution in [0.4, 0.5) is 4.39 Å². The zero-order valence-corrected chi connectivity index (χ0v) is 14.7. The Kier molecular flexibility index (Phi) is 5.65. The Morgan fingerprint density at radius 1 is 1.35 bits per heavy atom. The Morgan fingerprint density at radius 2 is 2.12 bits per heavy atom. The van der Waals surface area contributed by atoms with Crippen LogP contribution in [0.25, 0.3) is 0 Å². The van der Waals surface area contributed by atoms with E-state index in [2.05, 4.69) is 10.3 Å². The van der Waals surface area contributed by atoms with Crippen molar-refractivity contribution in [2.45, 2.75) is 32.1 Å². The van der Waals surface area contributed by atoms with Crippen LogP contribution in [0.2, 0.25) is 0 Å². The molecule has 0 radical (unpaired) electrons. The zero-order valence-electron chi connectivity index (χ0n) is 14.7. The van der Waals surface area contributed by atoms with E-state index in [4.69, 9.17) is 4.42 Å². The molecule has 1 aromatic carbocycles. The number of carbonyl (C=O) groups is 2. The molecule has 1 aromatic heterocycles. The molecule has 1 N–H and O–H groups in total. The van der Waals surface area contributed by atoms with Gasteiger partial charge in [0.2, 0.25) is 11.8 Å². The maximum atomic E-state index is 13.0. The van der Waals surface area contributed by atoms with Crippen molar-refractivity contribution in [1.29, 1.82) is 0 Å². The highest BCUT2D eigenvalue weighted by Crippen LogP contribution is 2.27. The third-order valence-electron chi connectivity index (χ3n) is 4.47. The highest BCUT2D eigenvalue weighted by Gasteiger charge is 2.27. The van der Waals surface area contributed by atoms with Crippen molar-refractivity contribution in [3.8, 4) is 0 Å². The molecule has 0 bridgehead atoms. The molecule has 1 atom stereocenters. The normalized spacial score (nSPS) is 17.2. The van der Waals surface area contributed by atoms with Crippen LogP contribution >= 0.6 is 0 Å². The number of nitrogens with one attached hydrogen (secondary N) is 1. The van der Waals surface area contributed by atoms with E-state index in [9.17, 15) is 14.0 Å². The lowest BCUT2D eigenvalue weighted by Gasteiger charge is -2.31. The summed E-state index contributed by atoms with van der Waals surface area (Å²) in [5.41, 5.74) is 0.949. The Balaban J connectivity index is 1.60. The molecule has 26 heavy (non-hydrogen) atoms. The number of hydrogen-bond acceptors (Lipinski definition) is 4. The number of halogens is 1. The fourth-order valence-electron chi connectivity index (χ4n) is 3.11. The minimum Gasteiger partial charge on any atom is -0.445 e. The molecule has 6 nitrogen and oxygen atoms in total. The summed E-state index contributed by atoms with van der Waals surface area (Å²) in [6.45, 7) is 2.62. The van der Waals surface area contributed by atoms with Crippen molar-refractivity contribution in [2.75, 3.05) is 19.6 Å². The number of rotatable bonds is 5. The Morgan fingerprint density at radius 3 is 2.85 bits per heavy atom. The van der Waals surface area contributed by atoms with Crippen LogP contribution in [-0.4, -0.2) is 41.3 Å². The molecule has 2 amide bonds. The van der Waals surface area contributed by atoms with E-state index < -0.39 is 0 Å². The molecule has 0 unspecified atom stereocenters. The molecule has 1 saturated heterocycles. The minimum atomic E-state index is -0.266. The second-order valence-corrected chi connectivity index (χ2v) is 6.56. The van der Waals surface area contributed by atoms with Crippen molar-refractivity contribution in [1.82, 2.24) is 15.2 Å². The summed E-state index contributed by atoms with van der Waals surface area (Å²) < 4.78 is 18.9. The van der Waals surface area contributed by atoms with Gasteiger partial charge >= 0.3 is 0 Å². The third kappa shape index (κ3) is 4.68. The van der Waals surface area contributed by atoms with Crippen LogP contribution < -0.4 is 5.32 Å². The van der Waals surface area contributed by atoms with Crippen LogP contribution in [0.5, 0.6) is 0 Å². The van der Waals surface area contributed by atoms with Crippen LogP contribution in [0.1, 0.15) is 42.9 Å². The lowest BCUT2D eigenvalue weighted by Crippen LogP contribution is -2.44. The van der Waals surface area contributed by atoms with E-state index in [0.29, 0.717) is 31.2 Å². The maximum Gasteiger partial charge on any atom is 0.241 e. The fraction of sp³-hybridized carbons (Fsp3) is 0.421. The lowest BCUT2D eigenvalue weighted by molar-refractivity contribution is -0.133. The SMILES string of the molecule is CC(=O)NCC(=O)N1CCC[C@H](c2ncc(Cc3ccc(F)cc3)o2)C1. The van der Waals surface area contributed by atoms with Crippen molar-refractivity contribution in [3.63, 3.8) is 0 Å². The summed E-state index contributed by atoms with van der Waals surface area (Å²) in [7, 11) is 0. The van der Waals surface area contributed by atoms with Crippen molar-refractivity contribution in [2.24, 2.45) is 0 Å². The summed E-state index contributed by atoms with van der Waals surface area (Å²) in [5, 5.41) is 2.54. The summed E-state index contributed by atoms with van der Waals surface area (Å²) in [5.74, 6) is 0.811. The summed E-state index contributed by atoms with van der Waals surface area (Å²) in [6.07, 6.45) is 4.01. The molecular weight excluding hydrogens is 337 g/mol. The Hall–Kier alpha value is -2.70. The molecule has 138 valence electrons. The first-order chi connectivity index (χ1) is 12.5. The second-order valence-electron chi connectivity index (χ2n) is 6.56. The number of oxazole rings is 1. The first kappa shape index (κ1) is 18.1. The third-order valence-corrected chi connectivity index (χ3v) is 4.47. The molecule has 0 saturated carbocycles. The van der Waals surface area contributed by atoms with E-state index in [-0.39, 0.29) is 30.1 Å². The van der Waals surface area contributed by atoms with Crippen LogP contribution in [0, 0.1) is 5.82 Å². The molecule has 2 aromatic rings. The number of hydrogen-bond donors (Lipinski definition) is 1. The van der Waals surface area contributed by atoms with E-state index in [1.807, 2.05) is 0 Å². The first-order valence-corrected chi connectivity index (χ1v) is 8.72. The van der Waals surface area contributed by atoms with Crippen molar-refractivity contribution < 1.29 is 18.4 Å². The van der Waals surface area contributed by atoms with Gasteiger partial charge in [0.15, 0.2) is 5.89 Å². The van der Waals surface area contributed by atoms with E-state index >= 15 is 0 Å². The van der Waals surface area contributed by atoms with E-state index in [1.54, 1.807) is 23.2 Å². The van der Waals surface area contributed by atoms with Gasteiger partial charge in [0.1, 0.15) is 11.6 Å². The van der Waals surface area contributed by atoms with Crippen LogP contribution in [-0.2, 0) is 16.0 Å². The number of aromatic nitrogens is 1. The van der Waals surface area contributed by atoms with Gasteiger partial charge in [0, 0.05) is 26.4 Å². The number of likely N-dealkylation sites (tertiary alicyclic amines) is 1. The first-order valence-electron chi connectivity index (χ1n) is 8.72. The topological polar surface area (TPSA) is 75.4 Å². The average Bonchev–Trinajstić information content (AvgIpc) is 3.10. The summed E-state index contributed by atoms with van der Waals surface area (Å²) in [6, 6.07) is 6.29. The number of carbonyl (C=O) groups excluding carboxylic acids is 2. The van der Waals surface area contributed by atoms with Gasteiger partial charge in [-0.2, -0.15) is 0 Å². The van der Waals surface area contributed by atoms with Gasteiger partial charge in [-0.3, -0.25) is 9.59 Å². The highest BCUT2D eigenvalue weighted by molar-refractivity contribution is 5.83. The zero-order chi connectivity index (χ0) is 18.5. The standard InChI is InChI=1S/C19H22FN3O3/c1-13(24)21-11-18(25)23-8-2-3-15(12-23)19-22-10-17(26-19)9-14-4-6-16(20)7-5-14/h4-7,10,15H,2-3,8-9,11-12H2,1H3,(H,21,24)/t15-/m0/s1. The quantitative estimate of drug-likeness (QED) is 0.888. The molecule has 1 fully saturated rings. The minimum absolute atomic E-state index is 0.0173. The van der Waals surface area contributed by atoms with Crippen molar-refractivity contribution >= 4 is 11.8 Å². The van der Waals surface area contributed by atoms with Gasteiger partial charge in [0.05, 0.1) is 18.7 Å². The highest BCUT2D eigenvalue weighted by atomic mass is 19.1. The number of piperidine rings is 1.